The Labute approximate surface area is 137 Å². The average molecular weight is 294 g/mol. The predicted octanol–water partition coefficient (Wildman–Crippen LogP) is 5.09. The number of hydrogen-bond acceptors (Lipinski definition) is 1. The Morgan fingerprint density at radius 3 is 3.05 bits per heavy atom. The van der Waals surface area contributed by atoms with Crippen molar-refractivity contribution in [2.45, 2.75) is 83.5 Å². The molecular weight excluding hydrogens is 256 g/mol. The first-order valence-corrected chi connectivity index (χ1v) is 8.94. The van der Waals surface area contributed by atoms with E-state index in [9.17, 15) is 5.11 Å². The number of hydrogen-bond donors (Lipinski definition) is 1. The summed E-state index contributed by atoms with van der Waals surface area (Å²) in [5.74, 6) is 2.08. The van der Waals surface area contributed by atoms with Crippen molar-refractivity contribution in [3.05, 3.63) is 11.6 Å². The molecule has 0 radical (unpaired) electrons. The third kappa shape index (κ3) is 1.85. The van der Waals surface area contributed by atoms with E-state index in [-0.39, 0.29) is 12.3 Å². The fourth-order valence-electron chi connectivity index (χ4n) is 6.52. The van der Waals surface area contributed by atoms with E-state index in [0.717, 1.165) is 32.1 Å². The second-order valence-electron chi connectivity index (χ2n) is 8.27. The lowest BCUT2D eigenvalue weighted by molar-refractivity contribution is -0.119. The van der Waals surface area contributed by atoms with E-state index < -0.39 is 24.2 Å². The Balaban J connectivity index is 1.67. The molecule has 0 aromatic heterocycles. The van der Waals surface area contributed by atoms with Crippen LogP contribution < -0.4 is 0 Å². The highest BCUT2D eigenvalue weighted by atomic mass is 16.3. The topological polar surface area (TPSA) is 20.2 Å². The van der Waals surface area contributed by atoms with Crippen LogP contribution in [0.4, 0.5) is 0 Å². The third-order valence-corrected chi connectivity index (χ3v) is 7.74. The van der Waals surface area contributed by atoms with Crippen molar-refractivity contribution >= 4 is 0 Å². The van der Waals surface area contributed by atoms with Crippen LogP contribution in [0.1, 0.15) is 84.8 Å². The second-order valence-corrected chi connectivity index (χ2v) is 8.27. The molecule has 0 unspecified atom stereocenters. The first kappa shape index (κ1) is 9.75. The van der Waals surface area contributed by atoms with Gasteiger partial charge in [0.2, 0.25) is 0 Å². The maximum absolute atomic E-state index is 11.5. The maximum Gasteiger partial charge on any atom is 0.0701 e. The van der Waals surface area contributed by atoms with Gasteiger partial charge in [0, 0.05) is 6.85 Å². The molecular formula is C20H32O. The Morgan fingerprint density at radius 2 is 2.19 bits per heavy atom. The van der Waals surface area contributed by atoms with Gasteiger partial charge in [-0.15, -0.1) is 0 Å². The van der Waals surface area contributed by atoms with Crippen LogP contribution in [0.3, 0.4) is 0 Å². The summed E-state index contributed by atoms with van der Waals surface area (Å²) in [5, 5.41) is 11.5. The van der Waals surface area contributed by atoms with Gasteiger partial charge in [-0.2, -0.15) is 0 Å². The zero-order valence-corrected chi connectivity index (χ0v) is 13.2. The van der Waals surface area contributed by atoms with Crippen molar-refractivity contribution in [3.8, 4) is 0 Å². The highest BCUT2D eigenvalue weighted by Crippen LogP contribution is 2.65. The van der Waals surface area contributed by atoms with E-state index in [1.54, 1.807) is 5.57 Å². The fraction of sp³-hybridized carbons (Fsp3) is 0.900. The zero-order chi connectivity index (χ0) is 19.0. The molecule has 118 valence electrons. The van der Waals surface area contributed by atoms with Gasteiger partial charge in [-0.3, -0.25) is 0 Å². The van der Waals surface area contributed by atoms with Gasteiger partial charge in [0.25, 0.3) is 0 Å². The van der Waals surface area contributed by atoms with Crippen LogP contribution in [-0.2, 0) is 0 Å². The Kier molecular flexibility index (Phi) is 2.25. The van der Waals surface area contributed by atoms with Gasteiger partial charge in [-0.1, -0.05) is 25.4 Å². The minimum absolute atomic E-state index is 0.243. The minimum atomic E-state index is -2.80. The van der Waals surface area contributed by atoms with Crippen molar-refractivity contribution in [1.29, 1.82) is 0 Å². The molecule has 1 heteroatoms. The van der Waals surface area contributed by atoms with Crippen LogP contribution in [0.2, 0.25) is 0 Å². The van der Waals surface area contributed by atoms with Crippen molar-refractivity contribution in [3.63, 3.8) is 0 Å². The highest BCUT2D eigenvalue weighted by Gasteiger charge is 2.61. The molecule has 4 aliphatic carbocycles. The van der Waals surface area contributed by atoms with E-state index in [4.69, 9.17) is 6.85 Å². The van der Waals surface area contributed by atoms with Crippen molar-refractivity contribution in [1.82, 2.24) is 0 Å². The number of rotatable bonds is 1. The third-order valence-electron chi connectivity index (χ3n) is 7.74. The van der Waals surface area contributed by atoms with Gasteiger partial charge < -0.3 is 5.11 Å². The molecule has 6 atom stereocenters. The number of fused-ring (bicyclic) bond motifs is 5. The maximum atomic E-state index is 11.5. The number of aliphatic hydroxyl groups is 1. The molecule has 0 aliphatic heterocycles. The zero-order valence-electron chi connectivity index (χ0n) is 18.2. The predicted molar refractivity (Wildman–Crippen MR) is 86.9 cm³/mol. The molecule has 0 aromatic rings. The molecule has 1 nitrogen and oxygen atoms in total. The standard InChI is InChI=1S/C20H32O/c1-3-20(21)13-11-18-17-9-8-14-6-4-5-7-15(14)16(17)10-12-19(18,20)2/h6,15-18,21H,3-5,7-13H2,1-2H3/t15-,16+,17+,18-,19-,20-/m0/s1/i1D3,3D2. The Bertz CT molecular complexity index is 612. The summed E-state index contributed by atoms with van der Waals surface area (Å²) in [4.78, 5) is 0. The molecule has 0 spiro atoms. The molecule has 4 aliphatic rings. The van der Waals surface area contributed by atoms with Crippen LogP contribution in [0, 0.1) is 29.1 Å². The molecule has 0 amide bonds. The largest absolute Gasteiger partial charge is 0.389 e. The number of allylic oxidation sites excluding steroid dienone is 2. The molecule has 0 saturated heterocycles. The van der Waals surface area contributed by atoms with E-state index in [2.05, 4.69) is 6.08 Å². The summed E-state index contributed by atoms with van der Waals surface area (Å²) >= 11 is 0. The molecule has 0 bridgehead atoms. The minimum Gasteiger partial charge on any atom is -0.389 e. The Morgan fingerprint density at radius 1 is 1.29 bits per heavy atom. The molecule has 0 aromatic carbocycles. The van der Waals surface area contributed by atoms with Gasteiger partial charge in [0.05, 0.1) is 5.60 Å². The van der Waals surface area contributed by atoms with Crippen molar-refractivity contribution < 1.29 is 12.0 Å². The van der Waals surface area contributed by atoms with E-state index in [1.165, 1.54) is 19.3 Å². The van der Waals surface area contributed by atoms with Gasteiger partial charge in [-0.05, 0) is 93.2 Å². The molecule has 4 rings (SSSR count). The van der Waals surface area contributed by atoms with Crippen LogP contribution in [0.15, 0.2) is 11.6 Å². The van der Waals surface area contributed by atoms with E-state index in [0.29, 0.717) is 17.8 Å². The summed E-state index contributed by atoms with van der Waals surface area (Å²) in [5.41, 5.74) is -0.752. The fourth-order valence-corrected chi connectivity index (χ4v) is 6.52. The van der Waals surface area contributed by atoms with Crippen LogP contribution in [0.25, 0.3) is 0 Å². The van der Waals surface area contributed by atoms with Crippen LogP contribution >= 0.6 is 0 Å². The Hall–Kier alpha value is -0.300. The van der Waals surface area contributed by atoms with E-state index >= 15 is 0 Å². The quantitative estimate of drug-likeness (QED) is 0.668. The molecule has 1 N–H and O–H groups in total. The van der Waals surface area contributed by atoms with Gasteiger partial charge in [0.15, 0.2) is 0 Å². The highest BCUT2D eigenvalue weighted by molar-refractivity contribution is 5.19. The van der Waals surface area contributed by atoms with Crippen LogP contribution in [-0.4, -0.2) is 10.7 Å². The van der Waals surface area contributed by atoms with Crippen LogP contribution in [0.5, 0.6) is 0 Å². The molecule has 21 heavy (non-hydrogen) atoms. The molecule has 3 fully saturated rings. The SMILES string of the molecule is [2H]C([2H])([2H])C([2H])([2H])[C@]1(O)CC[C@H]2[C@@H]3CCC4=CCCC[C@@H]4[C@H]3CC[C@@]21C. The summed E-state index contributed by atoms with van der Waals surface area (Å²) < 4.78 is 39.8. The van der Waals surface area contributed by atoms with Gasteiger partial charge in [0.1, 0.15) is 0 Å². The lowest BCUT2D eigenvalue weighted by Gasteiger charge is -2.55. The summed E-state index contributed by atoms with van der Waals surface area (Å²) in [6.45, 7) is -0.820. The molecule has 0 heterocycles. The lowest BCUT2D eigenvalue weighted by Crippen LogP contribution is -2.52. The smallest absolute Gasteiger partial charge is 0.0701 e. The summed E-state index contributed by atoms with van der Waals surface area (Å²) in [7, 11) is 0. The average Bonchev–Trinajstić information content (AvgIpc) is 2.86. The summed E-state index contributed by atoms with van der Waals surface area (Å²) in [6, 6.07) is 0. The first-order valence-electron chi connectivity index (χ1n) is 11.4. The lowest BCUT2D eigenvalue weighted by atomic mass is 9.50. The van der Waals surface area contributed by atoms with Crippen molar-refractivity contribution in [2.24, 2.45) is 29.1 Å². The van der Waals surface area contributed by atoms with E-state index in [1.807, 2.05) is 6.92 Å². The first-order chi connectivity index (χ1) is 12.0. The molecule has 3 saturated carbocycles. The normalized spacial score (nSPS) is 57.4. The van der Waals surface area contributed by atoms with Crippen molar-refractivity contribution in [2.75, 3.05) is 0 Å². The van der Waals surface area contributed by atoms with Gasteiger partial charge in [-0.25, -0.2) is 0 Å². The second kappa shape index (κ2) is 4.85. The summed E-state index contributed by atoms with van der Waals surface area (Å²) in [6.07, 6.45) is 8.68. The van der Waals surface area contributed by atoms with Gasteiger partial charge >= 0.3 is 0 Å². The monoisotopic (exact) mass is 293 g/mol.